The van der Waals surface area contributed by atoms with E-state index < -0.39 is 0 Å². The fourth-order valence-electron chi connectivity index (χ4n) is 6.59. The van der Waals surface area contributed by atoms with Crippen molar-refractivity contribution in [1.82, 2.24) is 29.9 Å². The number of hydrogen-bond acceptors (Lipinski definition) is 6. The fraction of sp³-hybridized carbons (Fsp3) is 0.0455. The van der Waals surface area contributed by atoms with Crippen LogP contribution in [-0.4, -0.2) is 29.9 Å². The molecule has 6 nitrogen and oxygen atoms in total. The molecule has 0 aliphatic rings. The molecule has 0 saturated heterocycles. The molecule has 6 heteroatoms. The summed E-state index contributed by atoms with van der Waals surface area (Å²) in [6, 6.07) is 47.6. The van der Waals surface area contributed by atoms with Gasteiger partial charge in [-0.2, -0.15) is 0 Å². The summed E-state index contributed by atoms with van der Waals surface area (Å²) in [5, 5.41) is 3.30. The van der Waals surface area contributed by atoms with Gasteiger partial charge < -0.3 is 0 Å². The lowest BCUT2D eigenvalue weighted by Gasteiger charge is -2.11. The Labute approximate surface area is 289 Å². The van der Waals surface area contributed by atoms with Crippen molar-refractivity contribution in [3.63, 3.8) is 0 Å². The van der Waals surface area contributed by atoms with E-state index in [4.69, 9.17) is 24.9 Å². The second-order valence-electron chi connectivity index (χ2n) is 12.5. The second-order valence-corrected chi connectivity index (χ2v) is 12.5. The quantitative estimate of drug-likeness (QED) is 0.174. The third-order valence-corrected chi connectivity index (χ3v) is 9.16. The maximum Gasteiger partial charge on any atom is 0.164 e. The standard InChI is InChI=1S/C44H30N6/c1-27-25-38(47-41-36(27)23-22-31-17-16-28(2)46-40(31)41)29-18-20-33(21-19-29)43-48-42(32-9-4-3-5-10-32)49-44(50-43)35-13-6-12-34(26-35)37-15-7-11-30-14-8-24-45-39(30)37/h3-26H,1-2H3. The molecule has 0 unspecified atom stereocenters. The van der Waals surface area contributed by atoms with Crippen molar-refractivity contribution in [2.75, 3.05) is 0 Å². The zero-order valence-electron chi connectivity index (χ0n) is 27.5. The minimum Gasteiger partial charge on any atom is -0.256 e. The van der Waals surface area contributed by atoms with Crippen LogP contribution in [0.25, 0.3) is 89.3 Å². The normalized spacial score (nSPS) is 11.4. The van der Waals surface area contributed by atoms with Gasteiger partial charge in [0.15, 0.2) is 17.5 Å². The monoisotopic (exact) mass is 642 g/mol. The van der Waals surface area contributed by atoms with E-state index in [-0.39, 0.29) is 0 Å². The van der Waals surface area contributed by atoms with Crippen LogP contribution in [0.2, 0.25) is 0 Å². The minimum atomic E-state index is 0.603. The molecule has 0 radical (unpaired) electrons. The van der Waals surface area contributed by atoms with Crippen molar-refractivity contribution < 1.29 is 0 Å². The summed E-state index contributed by atoms with van der Waals surface area (Å²) in [7, 11) is 0. The van der Waals surface area contributed by atoms with Gasteiger partial charge in [0.2, 0.25) is 0 Å². The molecular formula is C44H30N6. The Morgan fingerprint density at radius 2 is 1.04 bits per heavy atom. The third-order valence-electron chi connectivity index (χ3n) is 9.16. The molecule has 0 fully saturated rings. The molecule has 0 aliphatic carbocycles. The van der Waals surface area contributed by atoms with Crippen molar-refractivity contribution in [3.8, 4) is 56.5 Å². The molecular weight excluding hydrogens is 613 g/mol. The summed E-state index contributed by atoms with van der Waals surface area (Å²) < 4.78 is 0. The Morgan fingerprint density at radius 1 is 0.400 bits per heavy atom. The van der Waals surface area contributed by atoms with E-state index in [0.717, 1.165) is 83.0 Å². The van der Waals surface area contributed by atoms with E-state index in [2.05, 4.69) is 96.8 Å². The van der Waals surface area contributed by atoms with Crippen LogP contribution >= 0.6 is 0 Å². The van der Waals surface area contributed by atoms with Crippen LogP contribution < -0.4 is 0 Å². The average molecular weight is 643 g/mol. The number of aromatic nitrogens is 6. The van der Waals surface area contributed by atoms with Gasteiger partial charge in [-0.15, -0.1) is 0 Å². The van der Waals surface area contributed by atoms with Crippen molar-refractivity contribution in [2.45, 2.75) is 13.8 Å². The Bertz CT molecular complexity index is 2720. The number of fused-ring (bicyclic) bond motifs is 4. The van der Waals surface area contributed by atoms with Gasteiger partial charge >= 0.3 is 0 Å². The topological polar surface area (TPSA) is 77.3 Å². The largest absolute Gasteiger partial charge is 0.256 e. The van der Waals surface area contributed by atoms with E-state index in [1.807, 2.05) is 67.7 Å². The molecule has 50 heavy (non-hydrogen) atoms. The van der Waals surface area contributed by atoms with Crippen molar-refractivity contribution >= 4 is 32.7 Å². The molecule has 0 spiro atoms. The van der Waals surface area contributed by atoms with E-state index in [0.29, 0.717) is 17.5 Å². The smallest absolute Gasteiger partial charge is 0.164 e. The van der Waals surface area contributed by atoms with Crippen LogP contribution in [0.3, 0.4) is 0 Å². The SMILES string of the molecule is Cc1ccc2ccc3c(C)cc(-c4ccc(-c5nc(-c6ccccc6)nc(-c6cccc(-c7cccc8cccnc78)c6)n5)cc4)nc3c2n1. The van der Waals surface area contributed by atoms with E-state index in [9.17, 15) is 0 Å². The fourth-order valence-corrected chi connectivity index (χ4v) is 6.59. The maximum absolute atomic E-state index is 5.13. The highest BCUT2D eigenvalue weighted by atomic mass is 15.0. The van der Waals surface area contributed by atoms with Crippen LogP contribution in [0.15, 0.2) is 146 Å². The van der Waals surface area contributed by atoms with Crippen LogP contribution in [-0.2, 0) is 0 Å². The first-order chi connectivity index (χ1) is 24.6. The molecule has 4 heterocycles. The first kappa shape index (κ1) is 29.5. The van der Waals surface area contributed by atoms with Gasteiger partial charge in [0.05, 0.1) is 22.2 Å². The molecule has 0 saturated carbocycles. The Balaban J connectivity index is 1.14. The summed E-state index contributed by atoms with van der Waals surface area (Å²) in [6.07, 6.45) is 1.84. The van der Waals surface area contributed by atoms with E-state index in [1.165, 1.54) is 0 Å². The van der Waals surface area contributed by atoms with Crippen LogP contribution in [0.4, 0.5) is 0 Å². The van der Waals surface area contributed by atoms with Gasteiger partial charge in [-0.05, 0) is 49.2 Å². The lowest BCUT2D eigenvalue weighted by Crippen LogP contribution is -2.00. The molecule has 0 bridgehead atoms. The predicted molar refractivity (Wildman–Crippen MR) is 202 cm³/mol. The van der Waals surface area contributed by atoms with Crippen molar-refractivity contribution in [3.05, 3.63) is 157 Å². The number of benzene rings is 5. The highest BCUT2D eigenvalue weighted by Gasteiger charge is 2.15. The van der Waals surface area contributed by atoms with Crippen LogP contribution in [0.5, 0.6) is 0 Å². The van der Waals surface area contributed by atoms with Gasteiger partial charge in [-0.1, -0.05) is 115 Å². The Hall–Kier alpha value is -6.66. The first-order valence-electron chi connectivity index (χ1n) is 16.6. The maximum atomic E-state index is 5.13. The zero-order chi connectivity index (χ0) is 33.6. The molecule has 236 valence electrons. The molecule has 9 rings (SSSR count). The molecule has 0 atom stereocenters. The number of nitrogens with zero attached hydrogens (tertiary/aromatic N) is 6. The van der Waals surface area contributed by atoms with Gasteiger partial charge in [-0.25, -0.2) is 19.9 Å². The molecule has 9 aromatic rings. The lowest BCUT2D eigenvalue weighted by atomic mass is 10.00. The predicted octanol–water partition coefficient (Wildman–Crippen LogP) is 10.5. The number of rotatable bonds is 5. The number of pyridine rings is 3. The van der Waals surface area contributed by atoms with Crippen LogP contribution in [0.1, 0.15) is 11.3 Å². The molecule has 0 aliphatic heterocycles. The van der Waals surface area contributed by atoms with Gasteiger partial charge in [0.25, 0.3) is 0 Å². The summed E-state index contributed by atoms with van der Waals surface area (Å²) in [5.41, 5.74) is 11.7. The highest BCUT2D eigenvalue weighted by Crippen LogP contribution is 2.33. The minimum absolute atomic E-state index is 0.603. The first-order valence-corrected chi connectivity index (χ1v) is 16.6. The summed E-state index contributed by atoms with van der Waals surface area (Å²) in [4.78, 5) is 29.6. The summed E-state index contributed by atoms with van der Waals surface area (Å²) in [6.45, 7) is 4.15. The molecule has 0 amide bonds. The Morgan fingerprint density at radius 3 is 1.86 bits per heavy atom. The third kappa shape index (κ3) is 5.33. The van der Waals surface area contributed by atoms with Gasteiger partial charge in [-0.3, -0.25) is 9.97 Å². The second kappa shape index (κ2) is 12.1. The molecule has 0 N–H and O–H groups in total. The molecule has 5 aromatic carbocycles. The summed E-state index contributed by atoms with van der Waals surface area (Å²) >= 11 is 0. The zero-order valence-corrected chi connectivity index (χ0v) is 27.5. The number of aryl methyl sites for hydroxylation is 2. The average Bonchev–Trinajstić information content (AvgIpc) is 3.18. The van der Waals surface area contributed by atoms with E-state index >= 15 is 0 Å². The number of hydrogen-bond donors (Lipinski definition) is 0. The van der Waals surface area contributed by atoms with Crippen LogP contribution in [0, 0.1) is 13.8 Å². The lowest BCUT2D eigenvalue weighted by molar-refractivity contribution is 1.07. The van der Waals surface area contributed by atoms with Crippen molar-refractivity contribution in [2.24, 2.45) is 0 Å². The van der Waals surface area contributed by atoms with Gasteiger partial charge in [0.1, 0.15) is 0 Å². The van der Waals surface area contributed by atoms with Crippen molar-refractivity contribution in [1.29, 1.82) is 0 Å². The number of para-hydroxylation sites is 1. The molecule has 4 aromatic heterocycles. The highest BCUT2D eigenvalue weighted by molar-refractivity contribution is 6.04. The van der Waals surface area contributed by atoms with E-state index in [1.54, 1.807) is 0 Å². The van der Waals surface area contributed by atoms with Gasteiger partial charge in [0, 0.05) is 55.9 Å². The summed E-state index contributed by atoms with van der Waals surface area (Å²) in [5.74, 6) is 1.83. The Kier molecular flexibility index (Phi) is 7.13.